The number of likely N-dealkylation sites (tertiary alicyclic amines) is 1. The topological polar surface area (TPSA) is 112 Å². The zero-order valence-electron chi connectivity index (χ0n) is 8.66. The van der Waals surface area contributed by atoms with E-state index >= 15 is 0 Å². The lowest BCUT2D eigenvalue weighted by molar-refractivity contribution is -0.147. The molecule has 92 valence electrons. The smallest absolute Gasteiger partial charge is 0.326 e. The molecule has 0 radical (unpaired) electrons. The van der Waals surface area contributed by atoms with Gasteiger partial charge in [0.15, 0.2) is 9.84 Å². The molecule has 2 N–H and O–H groups in total. The number of β-amino-alcohol motifs (C(OH)–C–C–N with tert-alkyl or cyclic N) is 1. The maximum absolute atomic E-state index is 11.5. The third-order valence-corrected chi connectivity index (χ3v) is 3.04. The summed E-state index contributed by atoms with van der Waals surface area (Å²) in [7, 11) is -3.49. The summed E-state index contributed by atoms with van der Waals surface area (Å²) < 4.78 is 21.8. The molecule has 1 aliphatic rings. The second-order valence-electron chi connectivity index (χ2n) is 3.86. The highest BCUT2D eigenvalue weighted by atomic mass is 32.2. The first-order valence-corrected chi connectivity index (χ1v) is 6.65. The van der Waals surface area contributed by atoms with Crippen LogP contribution in [0.15, 0.2) is 0 Å². The van der Waals surface area contributed by atoms with Gasteiger partial charge in [-0.15, -0.1) is 0 Å². The number of aliphatic hydroxyl groups is 1. The lowest BCUT2D eigenvalue weighted by Crippen LogP contribution is -2.43. The number of hydrogen-bond acceptors (Lipinski definition) is 5. The van der Waals surface area contributed by atoms with E-state index in [0.29, 0.717) is 0 Å². The van der Waals surface area contributed by atoms with Crippen molar-refractivity contribution >= 4 is 21.7 Å². The van der Waals surface area contributed by atoms with Gasteiger partial charge < -0.3 is 15.1 Å². The van der Waals surface area contributed by atoms with E-state index in [1.165, 1.54) is 0 Å². The molecular weight excluding hydrogens is 238 g/mol. The highest BCUT2D eigenvalue weighted by Gasteiger charge is 2.39. The summed E-state index contributed by atoms with van der Waals surface area (Å²) in [6.45, 7) is -0.134. The standard InChI is InChI=1S/C8H13NO6S/c1-16(14,15)4-7(11)9-3-5(10)2-6(9)8(12)13/h5-6,10H,2-4H2,1H3,(H,12,13)/t5-,6-/m1/s1. The van der Waals surface area contributed by atoms with Crippen LogP contribution in [0, 0.1) is 0 Å². The third-order valence-electron chi connectivity index (χ3n) is 2.27. The fourth-order valence-electron chi connectivity index (χ4n) is 1.63. The van der Waals surface area contributed by atoms with Gasteiger partial charge in [0.05, 0.1) is 6.10 Å². The minimum atomic E-state index is -3.49. The summed E-state index contributed by atoms with van der Waals surface area (Å²) >= 11 is 0. The number of hydrogen-bond donors (Lipinski definition) is 2. The molecule has 0 aromatic rings. The molecule has 8 heteroatoms. The van der Waals surface area contributed by atoms with Crippen molar-refractivity contribution < 1.29 is 28.2 Å². The third kappa shape index (κ3) is 3.17. The molecule has 16 heavy (non-hydrogen) atoms. The highest BCUT2D eigenvalue weighted by molar-refractivity contribution is 7.91. The molecule has 0 spiro atoms. The monoisotopic (exact) mass is 251 g/mol. The lowest BCUT2D eigenvalue weighted by Gasteiger charge is -2.20. The summed E-state index contributed by atoms with van der Waals surface area (Å²) in [4.78, 5) is 23.2. The molecule has 0 saturated carbocycles. The molecule has 0 aliphatic carbocycles. The minimum absolute atomic E-state index is 0.0646. The van der Waals surface area contributed by atoms with Crippen LogP contribution in [-0.2, 0) is 19.4 Å². The second-order valence-corrected chi connectivity index (χ2v) is 6.00. The van der Waals surface area contributed by atoms with Crippen molar-refractivity contribution in [3.05, 3.63) is 0 Å². The van der Waals surface area contributed by atoms with Gasteiger partial charge in [-0.05, 0) is 0 Å². The van der Waals surface area contributed by atoms with Crippen molar-refractivity contribution in [3.8, 4) is 0 Å². The zero-order valence-corrected chi connectivity index (χ0v) is 9.48. The molecule has 2 atom stereocenters. The molecule has 1 amide bonds. The molecular formula is C8H13NO6S. The van der Waals surface area contributed by atoms with Gasteiger partial charge >= 0.3 is 5.97 Å². The molecule has 0 aromatic heterocycles. The first kappa shape index (κ1) is 12.9. The van der Waals surface area contributed by atoms with Crippen molar-refractivity contribution in [2.75, 3.05) is 18.6 Å². The van der Waals surface area contributed by atoms with Gasteiger partial charge in [0.2, 0.25) is 5.91 Å². The van der Waals surface area contributed by atoms with E-state index in [0.717, 1.165) is 11.2 Å². The van der Waals surface area contributed by atoms with E-state index in [1.807, 2.05) is 0 Å². The Balaban J connectivity index is 2.79. The van der Waals surface area contributed by atoms with E-state index in [2.05, 4.69) is 0 Å². The summed E-state index contributed by atoms with van der Waals surface area (Å²) in [6, 6.07) is -1.13. The first-order chi connectivity index (χ1) is 7.20. The van der Waals surface area contributed by atoms with Crippen LogP contribution in [0.1, 0.15) is 6.42 Å². The van der Waals surface area contributed by atoms with Crippen molar-refractivity contribution in [1.29, 1.82) is 0 Å². The van der Waals surface area contributed by atoms with Gasteiger partial charge in [0.1, 0.15) is 11.8 Å². The maximum Gasteiger partial charge on any atom is 0.326 e. The molecule has 1 fully saturated rings. The molecule has 1 saturated heterocycles. The number of amides is 1. The van der Waals surface area contributed by atoms with Gasteiger partial charge in [0.25, 0.3) is 0 Å². The van der Waals surface area contributed by atoms with Crippen LogP contribution in [0.5, 0.6) is 0 Å². The van der Waals surface area contributed by atoms with Crippen molar-refractivity contribution in [3.63, 3.8) is 0 Å². The molecule has 0 aromatic carbocycles. The number of carboxylic acids is 1. The molecule has 7 nitrogen and oxygen atoms in total. The van der Waals surface area contributed by atoms with Crippen LogP contribution in [0.4, 0.5) is 0 Å². The lowest BCUT2D eigenvalue weighted by atomic mass is 10.2. The number of nitrogens with zero attached hydrogens (tertiary/aromatic N) is 1. The van der Waals surface area contributed by atoms with E-state index in [-0.39, 0.29) is 13.0 Å². The predicted molar refractivity (Wildman–Crippen MR) is 53.5 cm³/mol. The fourth-order valence-corrected chi connectivity index (χ4v) is 2.25. The number of rotatable bonds is 3. The normalized spacial score (nSPS) is 25.8. The SMILES string of the molecule is CS(=O)(=O)CC(=O)N1C[C@H](O)C[C@@H]1C(=O)O. The summed E-state index contributed by atoms with van der Waals surface area (Å²) in [5.41, 5.74) is 0. The highest BCUT2D eigenvalue weighted by Crippen LogP contribution is 2.18. The molecule has 1 aliphatic heterocycles. The van der Waals surface area contributed by atoms with E-state index in [9.17, 15) is 23.1 Å². The number of aliphatic carboxylic acids is 1. The van der Waals surface area contributed by atoms with Crippen molar-refractivity contribution in [1.82, 2.24) is 4.90 Å². The van der Waals surface area contributed by atoms with Crippen LogP contribution in [0.3, 0.4) is 0 Å². The molecule has 0 bridgehead atoms. The number of carbonyl (C=O) groups is 2. The predicted octanol–water partition coefficient (Wildman–Crippen LogP) is -1.92. The van der Waals surface area contributed by atoms with E-state index < -0.39 is 39.6 Å². The van der Waals surface area contributed by atoms with Crippen LogP contribution >= 0.6 is 0 Å². The number of aliphatic hydroxyl groups excluding tert-OH is 1. The van der Waals surface area contributed by atoms with Gasteiger partial charge in [-0.3, -0.25) is 4.79 Å². The second kappa shape index (κ2) is 4.38. The van der Waals surface area contributed by atoms with Crippen molar-refractivity contribution in [2.24, 2.45) is 0 Å². The Kier molecular flexibility index (Phi) is 3.54. The zero-order chi connectivity index (χ0) is 12.5. The Hall–Kier alpha value is -1.15. The van der Waals surface area contributed by atoms with E-state index in [4.69, 9.17) is 5.11 Å². The van der Waals surface area contributed by atoms with Crippen LogP contribution in [0.2, 0.25) is 0 Å². The average Bonchev–Trinajstić information content (AvgIpc) is 2.44. The summed E-state index contributed by atoms with van der Waals surface area (Å²) in [5, 5.41) is 18.1. The fraction of sp³-hybridized carbons (Fsp3) is 0.750. The van der Waals surface area contributed by atoms with Crippen molar-refractivity contribution in [2.45, 2.75) is 18.6 Å². The first-order valence-electron chi connectivity index (χ1n) is 4.59. The molecule has 0 unspecified atom stereocenters. The van der Waals surface area contributed by atoms with Gasteiger partial charge in [-0.1, -0.05) is 0 Å². The Bertz CT molecular complexity index is 403. The minimum Gasteiger partial charge on any atom is -0.480 e. The van der Waals surface area contributed by atoms with Crippen LogP contribution in [0.25, 0.3) is 0 Å². The van der Waals surface area contributed by atoms with Gasteiger partial charge in [0, 0.05) is 19.2 Å². The number of sulfone groups is 1. The molecule has 1 rings (SSSR count). The largest absolute Gasteiger partial charge is 0.480 e. The Morgan fingerprint density at radius 2 is 2.00 bits per heavy atom. The Labute approximate surface area is 92.6 Å². The maximum atomic E-state index is 11.5. The van der Waals surface area contributed by atoms with Crippen LogP contribution in [-0.4, -0.2) is 66.1 Å². The van der Waals surface area contributed by atoms with Crippen LogP contribution < -0.4 is 0 Å². The number of carbonyl (C=O) groups excluding carboxylic acids is 1. The molecule has 1 heterocycles. The summed E-state index contributed by atoms with van der Waals surface area (Å²) in [6.07, 6.45) is -0.0810. The van der Waals surface area contributed by atoms with Gasteiger partial charge in [-0.2, -0.15) is 0 Å². The van der Waals surface area contributed by atoms with E-state index in [1.54, 1.807) is 0 Å². The quantitative estimate of drug-likeness (QED) is 0.604. The Morgan fingerprint density at radius 1 is 1.44 bits per heavy atom. The summed E-state index contributed by atoms with van der Waals surface area (Å²) in [5.74, 6) is -2.76. The average molecular weight is 251 g/mol. The Morgan fingerprint density at radius 3 is 2.44 bits per heavy atom. The number of carboxylic acid groups (broad SMARTS) is 1. The van der Waals surface area contributed by atoms with Gasteiger partial charge in [-0.25, -0.2) is 13.2 Å².